The van der Waals surface area contributed by atoms with E-state index in [1.165, 1.54) is 19.1 Å². The van der Waals surface area contributed by atoms with Crippen molar-refractivity contribution in [2.45, 2.75) is 38.6 Å². The van der Waals surface area contributed by atoms with Gasteiger partial charge in [-0.1, -0.05) is 19.9 Å². The van der Waals surface area contributed by atoms with E-state index in [0.29, 0.717) is 11.3 Å². The second-order valence-electron chi connectivity index (χ2n) is 5.34. The second kappa shape index (κ2) is 6.89. The number of amides is 1. The highest BCUT2D eigenvalue weighted by molar-refractivity contribution is 7.89. The van der Waals surface area contributed by atoms with Crippen molar-refractivity contribution in [3.05, 3.63) is 23.8 Å². The number of hydrogen-bond donors (Lipinski definition) is 3. The van der Waals surface area contributed by atoms with E-state index in [-0.39, 0.29) is 10.8 Å². The Hall–Kier alpha value is -1.93. The Labute approximate surface area is 129 Å². The molecule has 0 saturated carbocycles. The van der Waals surface area contributed by atoms with Gasteiger partial charge in [-0.15, -0.1) is 0 Å². The highest BCUT2D eigenvalue weighted by Crippen LogP contribution is 2.21. The highest BCUT2D eigenvalue weighted by Gasteiger charge is 2.28. The molecule has 0 bridgehead atoms. The minimum Gasteiger partial charge on any atom is -0.480 e. The molecule has 8 heteroatoms. The molecule has 1 aromatic carbocycles. The summed E-state index contributed by atoms with van der Waals surface area (Å²) in [6, 6.07) is 2.99. The van der Waals surface area contributed by atoms with Crippen molar-refractivity contribution < 1.29 is 23.1 Å². The molecule has 0 saturated heterocycles. The van der Waals surface area contributed by atoms with E-state index < -0.39 is 28.0 Å². The molecule has 122 valence electrons. The first-order chi connectivity index (χ1) is 10.0. The number of nitrogens with one attached hydrogen (secondary N) is 2. The van der Waals surface area contributed by atoms with Gasteiger partial charge in [-0.05, 0) is 30.5 Å². The summed E-state index contributed by atoms with van der Waals surface area (Å²) in [5, 5.41) is 11.6. The molecule has 0 aliphatic heterocycles. The summed E-state index contributed by atoms with van der Waals surface area (Å²) >= 11 is 0. The second-order valence-corrected chi connectivity index (χ2v) is 7.05. The van der Waals surface area contributed by atoms with Gasteiger partial charge in [0, 0.05) is 12.6 Å². The molecule has 3 N–H and O–H groups in total. The molecule has 0 aliphatic carbocycles. The predicted molar refractivity (Wildman–Crippen MR) is 82.1 cm³/mol. The van der Waals surface area contributed by atoms with Crippen LogP contribution in [0.15, 0.2) is 23.1 Å². The Morgan fingerprint density at radius 3 is 2.27 bits per heavy atom. The lowest BCUT2D eigenvalue weighted by atomic mass is 10.1. The van der Waals surface area contributed by atoms with E-state index in [4.69, 9.17) is 5.11 Å². The Morgan fingerprint density at radius 2 is 1.82 bits per heavy atom. The summed E-state index contributed by atoms with van der Waals surface area (Å²) in [6.07, 6.45) is 0. The molecule has 1 amide bonds. The van der Waals surface area contributed by atoms with Crippen molar-refractivity contribution >= 4 is 27.6 Å². The molecule has 22 heavy (non-hydrogen) atoms. The van der Waals surface area contributed by atoms with Gasteiger partial charge in [0.05, 0.1) is 4.90 Å². The summed E-state index contributed by atoms with van der Waals surface area (Å²) < 4.78 is 26.8. The molecule has 1 unspecified atom stereocenters. The van der Waals surface area contributed by atoms with E-state index in [1.54, 1.807) is 26.8 Å². The number of anilines is 1. The Kier molecular flexibility index (Phi) is 5.67. The molecule has 0 fully saturated rings. The lowest BCUT2D eigenvalue weighted by Crippen LogP contribution is -2.44. The van der Waals surface area contributed by atoms with Crippen LogP contribution in [0.2, 0.25) is 0 Å². The first-order valence-corrected chi connectivity index (χ1v) is 8.16. The zero-order valence-electron chi connectivity index (χ0n) is 12.9. The number of aliphatic carboxylic acids is 1. The molecule has 0 spiro atoms. The summed E-state index contributed by atoms with van der Waals surface area (Å²) in [5.41, 5.74) is 1.07. The van der Waals surface area contributed by atoms with Crippen LogP contribution in [0, 0.1) is 12.8 Å². The van der Waals surface area contributed by atoms with Crippen LogP contribution in [0.3, 0.4) is 0 Å². The van der Waals surface area contributed by atoms with Crippen LogP contribution in [-0.2, 0) is 19.6 Å². The van der Waals surface area contributed by atoms with Gasteiger partial charge in [0.15, 0.2) is 0 Å². The molecule has 0 heterocycles. The minimum atomic E-state index is -4.01. The van der Waals surface area contributed by atoms with Crippen molar-refractivity contribution in [3.8, 4) is 0 Å². The smallest absolute Gasteiger partial charge is 0.322 e. The number of carboxylic acids is 1. The van der Waals surface area contributed by atoms with Gasteiger partial charge >= 0.3 is 5.97 Å². The topological polar surface area (TPSA) is 113 Å². The van der Waals surface area contributed by atoms with Crippen LogP contribution >= 0.6 is 0 Å². The molecule has 7 nitrogen and oxygen atoms in total. The van der Waals surface area contributed by atoms with E-state index in [0.717, 1.165) is 0 Å². The average Bonchev–Trinajstić information content (AvgIpc) is 2.37. The van der Waals surface area contributed by atoms with Gasteiger partial charge < -0.3 is 10.4 Å². The zero-order chi connectivity index (χ0) is 17.1. The number of carbonyl (C=O) groups excluding carboxylic acids is 1. The Morgan fingerprint density at radius 1 is 1.23 bits per heavy atom. The SMILES string of the molecule is CC(=O)Nc1cc(S(=O)(=O)NC(C(=O)O)C(C)C)ccc1C. The van der Waals surface area contributed by atoms with Crippen LogP contribution < -0.4 is 10.0 Å². The lowest BCUT2D eigenvalue weighted by Gasteiger charge is -2.18. The molecule has 0 aromatic heterocycles. The maximum atomic E-state index is 12.3. The number of hydrogen-bond acceptors (Lipinski definition) is 4. The van der Waals surface area contributed by atoms with Gasteiger partial charge in [-0.3, -0.25) is 9.59 Å². The van der Waals surface area contributed by atoms with Crippen molar-refractivity contribution in [2.24, 2.45) is 5.92 Å². The third kappa shape index (κ3) is 4.54. The fraction of sp³-hybridized carbons (Fsp3) is 0.429. The van der Waals surface area contributed by atoms with Gasteiger partial charge in [-0.25, -0.2) is 8.42 Å². The third-order valence-electron chi connectivity index (χ3n) is 3.04. The molecule has 1 rings (SSSR count). The maximum Gasteiger partial charge on any atom is 0.322 e. The van der Waals surface area contributed by atoms with Crippen LogP contribution in [0.1, 0.15) is 26.3 Å². The lowest BCUT2D eigenvalue weighted by molar-refractivity contribution is -0.140. The summed E-state index contributed by atoms with van der Waals surface area (Å²) in [4.78, 5) is 22.2. The van der Waals surface area contributed by atoms with E-state index in [2.05, 4.69) is 10.0 Å². The van der Waals surface area contributed by atoms with Gasteiger partial charge in [0.25, 0.3) is 0 Å². The number of carboxylic acid groups (broad SMARTS) is 1. The molecule has 1 atom stereocenters. The van der Waals surface area contributed by atoms with Crippen molar-refractivity contribution in [1.29, 1.82) is 0 Å². The summed E-state index contributed by atoms with van der Waals surface area (Å²) in [6.45, 7) is 6.26. The number of benzene rings is 1. The van der Waals surface area contributed by atoms with Crippen LogP contribution in [-0.4, -0.2) is 31.4 Å². The Balaban J connectivity index is 3.17. The maximum absolute atomic E-state index is 12.3. The van der Waals surface area contributed by atoms with Crippen LogP contribution in [0.4, 0.5) is 5.69 Å². The predicted octanol–water partition coefficient (Wildman–Crippen LogP) is 1.34. The standard InChI is InChI=1S/C14H20N2O5S/c1-8(2)13(14(18)19)16-22(20,21)11-6-5-9(3)12(7-11)15-10(4)17/h5-8,13,16H,1-4H3,(H,15,17)(H,18,19). The number of carbonyl (C=O) groups is 2. The first-order valence-electron chi connectivity index (χ1n) is 6.68. The van der Waals surface area contributed by atoms with Crippen molar-refractivity contribution in [1.82, 2.24) is 4.72 Å². The van der Waals surface area contributed by atoms with Crippen LogP contribution in [0.5, 0.6) is 0 Å². The molecule has 0 aliphatic rings. The molecule has 0 radical (unpaired) electrons. The normalized spacial score (nSPS) is 13.0. The summed E-state index contributed by atoms with van der Waals surface area (Å²) in [5.74, 6) is -1.98. The monoisotopic (exact) mass is 328 g/mol. The van der Waals surface area contributed by atoms with E-state index in [1.807, 2.05) is 0 Å². The minimum absolute atomic E-state index is 0.103. The largest absolute Gasteiger partial charge is 0.480 e. The van der Waals surface area contributed by atoms with Crippen molar-refractivity contribution in [3.63, 3.8) is 0 Å². The number of sulfonamides is 1. The zero-order valence-corrected chi connectivity index (χ0v) is 13.7. The van der Waals surface area contributed by atoms with E-state index in [9.17, 15) is 18.0 Å². The van der Waals surface area contributed by atoms with Crippen LogP contribution in [0.25, 0.3) is 0 Å². The first kappa shape index (κ1) is 18.1. The fourth-order valence-electron chi connectivity index (χ4n) is 1.80. The quantitative estimate of drug-likeness (QED) is 0.729. The number of rotatable bonds is 6. The average molecular weight is 328 g/mol. The molecular weight excluding hydrogens is 308 g/mol. The van der Waals surface area contributed by atoms with Gasteiger partial charge in [0.1, 0.15) is 6.04 Å². The summed E-state index contributed by atoms with van der Waals surface area (Å²) in [7, 11) is -4.01. The molecule has 1 aromatic rings. The highest BCUT2D eigenvalue weighted by atomic mass is 32.2. The van der Waals surface area contributed by atoms with Gasteiger partial charge in [0.2, 0.25) is 15.9 Å². The molecular formula is C14H20N2O5S. The third-order valence-corrected chi connectivity index (χ3v) is 4.48. The van der Waals surface area contributed by atoms with E-state index >= 15 is 0 Å². The fourth-order valence-corrected chi connectivity index (χ4v) is 3.16. The van der Waals surface area contributed by atoms with Crippen molar-refractivity contribution in [2.75, 3.05) is 5.32 Å². The Bertz CT molecular complexity index is 682. The number of aryl methyl sites for hydroxylation is 1. The van der Waals surface area contributed by atoms with Gasteiger partial charge in [-0.2, -0.15) is 4.72 Å².